The monoisotopic (exact) mass is 524 g/mol. The molecule has 0 atom stereocenters. The molecule has 0 aliphatic heterocycles. The first-order valence-electron chi connectivity index (χ1n) is 10.6. The van der Waals surface area contributed by atoms with Crippen LogP contribution in [-0.4, -0.2) is 26.0 Å². The van der Waals surface area contributed by atoms with E-state index in [4.69, 9.17) is 4.74 Å². The van der Waals surface area contributed by atoms with E-state index < -0.39 is 32.3 Å². The topological polar surface area (TPSA) is 88.3 Å². The molecule has 1 aromatic heterocycles. The smallest absolute Gasteiger partial charge is 0.496 e. The van der Waals surface area contributed by atoms with Crippen LogP contribution < -0.4 is 15.0 Å². The van der Waals surface area contributed by atoms with Crippen LogP contribution >= 0.6 is 0 Å². The lowest BCUT2D eigenvalue weighted by Gasteiger charge is -2.24. The maximum atomic E-state index is 13.9. The molecular formula is C25H24F4N2O4S. The van der Waals surface area contributed by atoms with Crippen LogP contribution in [0.4, 0.5) is 23.2 Å². The summed E-state index contributed by atoms with van der Waals surface area (Å²) in [6, 6.07) is 9.84. The third-order valence-corrected chi connectivity index (χ3v) is 6.35. The van der Waals surface area contributed by atoms with Gasteiger partial charge in [-0.1, -0.05) is 45.1 Å². The largest absolute Gasteiger partial charge is 0.516 e. The third kappa shape index (κ3) is 5.96. The molecule has 3 rings (SSSR count). The standard InChI is InChI=1S/C25H24F4N2O4S/c1-24(2,3)21-12-17(20-13-18(26)14-30-23(20)32)11-16(22(21)35-4)8-5-15-6-9-19(10-7-15)31-36(33,34)25(27,28)29/h5-14,31H,1-4H3,(H,30,32). The van der Waals surface area contributed by atoms with E-state index in [9.17, 15) is 30.8 Å². The molecule has 2 aromatic carbocycles. The number of sulfonamides is 1. The van der Waals surface area contributed by atoms with E-state index >= 15 is 0 Å². The number of nitrogens with one attached hydrogen (secondary N) is 2. The first-order chi connectivity index (χ1) is 16.6. The van der Waals surface area contributed by atoms with Crippen molar-refractivity contribution in [3.8, 4) is 16.9 Å². The molecule has 0 aliphatic rings. The van der Waals surface area contributed by atoms with Gasteiger partial charge in [-0.25, -0.2) is 4.39 Å². The summed E-state index contributed by atoms with van der Waals surface area (Å²) in [5.74, 6) is -0.0686. The predicted octanol–water partition coefficient (Wildman–Crippen LogP) is 5.92. The van der Waals surface area contributed by atoms with Crippen LogP contribution in [0.25, 0.3) is 23.3 Å². The molecule has 6 nitrogen and oxygen atoms in total. The van der Waals surface area contributed by atoms with Gasteiger partial charge in [0.15, 0.2) is 0 Å². The van der Waals surface area contributed by atoms with Gasteiger partial charge in [0.1, 0.15) is 11.6 Å². The van der Waals surface area contributed by atoms with Crippen LogP contribution in [-0.2, 0) is 15.4 Å². The van der Waals surface area contributed by atoms with Crippen LogP contribution in [0.1, 0.15) is 37.5 Å². The van der Waals surface area contributed by atoms with E-state index in [2.05, 4.69) is 4.98 Å². The van der Waals surface area contributed by atoms with Crippen LogP contribution in [0.5, 0.6) is 5.75 Å². The number of pyridine rings is 1. The van der Waals surface area contributed by atoms with E-state index in [1.807, 2.05) is 20.8 Å². The highest BCUT2D eigenvalue weighted by molar-refractivity contribution is 7.93. The van der Waals surface area contributed by atoms with Crippen molar-refractivity contribution in [2.24, 2.45) is 0 Å². The molecule has 36 heavy (non-hydrogen) atoms. The molecule has 11 heteroatoms. The molecule has 0 unspecified atom stereocenters. The summed E-state index contributed by atoms with van der Waals surface area (Å²) in [7, 11) is -4.03. The number of rotatable bonds is 6. The van der Waals surface area contributed by atoms with Crippen LogP contribution in [0.2, 0.25) is 0 Å². The highest BCUT2D eigenvalue weighted by Crippen LogP contribution is 2.38. The zero-order valence-corrected chi connectivity index (χ0v) is 20.6. The van der Waals surface area contributed by atoms with Gasteiger partial charge >= 0.3 is 15.5 Å². The quantitative estimate of drug-likeness (QED) is 0.310. The minimum Gasteiger partial charge on any atom is -0.496 e. The molecule has 0 spiro atoms. The first kappa shape index (κ1) is 27.0. The summed E-state index contributed by atoms with van der Waals surface area (Å²) in [5, 5.41) is 0. The maximum absolute atomic E-state index is 13.9. The van der Waals surface area contributed by atoms with Gasteiger partial charge < -0.3 is 9.72 Å². The molecule has 2 N–H and O–H groups in total. The Labute approximate surface area is 205 Å². The number of hydrogen-bond acceptors (Lipinski definition) is 4. The molecule has 0 saturated carbocycles. The minimum absolute atomic E-state index is 0.138. The van der Waals surface area contributed by atoms with E-state index in [1.165, 1.54) is 36.1 Å². The maximum Gasteiger partial charge on any atom is 0.516 e. The fourth-order valence-electron chi connectivity index (χ4n) is 3.45. The van der Waals surface area contributed by atoms with Crippen LogP contribution in [0.15, 0.2) is 53.5 Å². The third-order valence-electron chi connectivity index (χ3n) is 5.23. The number of halogens is 4. The Bertz CT molecular complexity index is 1450. The molecule has 192 valence electrons. The zero-order valence-electron chi connectivity index (χ0n) is 19.8. The Morgan fingerprint density at radius 1 is 1.00 bits per heavy atom. The number of methoxy groups -OCH3 is 1. The van der Waals surface area contributed by atoms with Gasteiger partial charge in [-0.3, -0.25) is 9.52 Å². The lowest BCUT2D eigenvalue weighted by molar-refractivity contribution is -0.0429. The molecule has 0 saturated heterocycles. The van der Waals surface area contributed by atoms with Gasteiger partial charge in [0.2, 0.25) is 0 Å². The second-order valence-corrected chi connectivity index (χ2v) is 10.6. The van der Waals surface area contributed by atoms with E-state index in [-0.39, 0.29) is 11.3 Å². The van der Waals surface area contributed by atoms with Crippen molar-refractivity contribution in [3.05, 3.63) is 81.5 Å². The fourth-order valence-corrected chi connectivity index (χ4v) is 4.01. The summed E-state index contributed by atoms with van der Waals surface area (Å²) in [6.45, 7) is 5.87. The Morgan fingerprint density at radius 3 is 2.19 bits per heavy atom. The van der Waals surface area contributed by atoms with Crippen LogP contribution in [0, 0.1) is 5.82 Å². The number of benzene rings is 2. The fraction of sp³-hybridized carbons (Fsp3) is 0.240. The van der Waals surface area contributed by atoms with Crippen molar-refractivity contribution in [1.82, 2.24) is 4.98 Å². The summed E-state index contributed by atoms with van der Waals surface area (Å²) in [5.41, 5.74) is -4.04. The summed E-state index contributed by atoms with van der Waals surface area (Å²) in [6.07, 6.45) is 4.30. The van der Waals surface area contributed by atoms with Crippen molar-refractivity contribution >= 4 is 27.9 Å². The molecule has 0 fully saturated rings. The molecule has 0 bridgehead atoms. The number of alkyl halides is 3. The van der Waals surface area contributed by atoms with Crippen LogP contribution in [0.3, 0.4) is 0 Å². The number of aromatic amines is 1. The Hall–Kier alpha value is -3.60. The average molecular weight is 525 g/mol. The number of aromatic nitrogens is 1. The highest BCUT2D eigenvalue weighted by atomic mass is 32.2. The van der Waals surface area contributed by atoms with E-state index in [0.29, 0.717) is 22.4 Å². The lowest BCUT2D eigenvalue weighted by Crippen LogP contribution is -2.29. The predicted molar refractivity (Wildman–Crippen MR) is 132 cm³/mol. The minimum atomic E-state index is -5.52. The van der Waals surface area contributed by atoms with E-state index in [0.717, 1.165) is 17.8 Å². The SMILES string of the molecule is COc1c(C=Cc2ccc(NS(=O)(=O)C(F)(F)F)cc2)cc(-c2cc(F)c[nH]c2=O)cc1C(C)(C)C. The second-order valence-electron chi connectivity index (χ2n) is 8.96. The van der Waals surface area contributed by atoms with E-state index in [1.54, 1.807) is 24.3 Å². The summed E-state index contributed by atoms with van der Waals surface area (Å²) in [4.78, 5) is 14.7. The molecule has 1 heterocycles. The van der Waals surface area contributed by atoms with Gasteiger partial charge in [0, 0.05) is 28.6 Å². The number of hydrogen-bond donors (Lipinski definition) is 2. The van der Waals surface area contributed by atoms with Crippen molar-refractivity contribution in [1.29, 1.82) is 0 Å². The normalized spacial score (nSPS) is 12.7. The molecule has 0 radical (unpaired) electrons. The molecular weight excluding hydrogens is 500 g/mol. The number of H-pyrrole nitrogens is 1. The Morgan fingerprint density at radius 2 is 1.64 bits per heavy atom. The number of anilines is 1. The Kier molecular flexibility index (Phi) is 7.35. The van der Waals surface area contributed by atoms with Crippen molar-refractivity contribution in [2.75, 3.05) is 11.8 Å². The molecule has 3 aromatic rings. The highest BCUT2D eigenvalue weighted by Gasteiger charge is 2.46. The van der Waals surface area contributed by atoms with Crippen molar-refractivity contribution in [3.63, 3.8) is 0 Å². The summed E-state index contributed by atoms with van der Waals surface area (Å²) < 4.78 is 81.3. The van der Waals surface area contributed by atoms with Crippen molar-refractivity contribution in [2.45, 2.75) is 31.7 Å². The zero-order chi connectivity index (χ0) is 26.9. The second kappa shape index (κ2) is 9.81. The van der Waals surface area contributed by atoms with Gasteiger partial charge in [-0.05, 0) is 46.9 Å². The first-order valence-corrected chi connectivity index (χ1v) is 12.1. The van der Waals surface area contributed by atoms with Gasteiger partial charge in [0.25, 0.3) is 5.56 Å². The average Bonchev–Trinajstić information content (AvgIpc) is 2.78. The van der Waals surface area contributed by atoms with Gasteiger partial charge in [0.05, 0.1) is 7.11 Å². The number of ether oxygens (including phenoxy) is 1. The Balaban J connectivity index is 2.04. The molecule has 0 amide bonds. The lowest BCUT2D eigenvalue weighted by atomic mass is 9.83. The summed E-state index contributed by atoms with van der Waals surface area (Å²) >= 11 is 0. The van der Waals surface area contributed by atoms with Gasteiger partial charge in [-0.2, -0.15) is 21.6 Å². The van der Waals surface area contributed by atoms with Crippen molar-refractivity contribution < 1.29 is 30.7 Å². The molecule has 0 aliphatic carbocycles. The van der Waals surface area contributed by atoms with Gasteiger partial charge in [-0.15, -0.1) is 0 Å².